The minimum atomic E-state index is -0.182. The maximum atomic E-state index is 12.1. The number of rotatable bonds is 8. The number of thioether (sulfide) groups is 1. The van der Waals surface area contributed by atoms with E-state index in [4.69, 9.17) is 4.42 Å². The third kappa shape index (κ3) is 5.23. The van der Waals surface area contributed by atoms with Gasteiger partial charge in [0.2, 0.25) is 5.91 Å². The van der Waals surface area contributed by atoms with Gasteiger partial charge in [0.05, 0.1) is 12.3 Å². The zero-order valence-electron chi connectivity index (χ0n) is 15.8. The topological polar surface area (TPSA) is 115 Å². The number of aromatic nitrogens is 4. The van der Waals surface area contributed by atoms with Crippen LogP contribution in [0.3, 0.4) is 0 Å². The van der Waals surface area contributed by atoms with Crippen LogP contribution < -0.4 is 10.6 Å². The summed E-state index contributed by atoms with van der Waals surface area (Å²) < 4.78 is 6.95. The van der Waals surface area contributed by atoms with Gasteiger partial charge in [0.15, 0.2) is 11.5 Å². The first-order chi connectivity index (χ1) is 14.1. The van der Waals surface area contributed by atoms with E-state index in [1.807, 2.05) is 19.1 Å². The number of carbonyl (C=O) groups excluding carboxylic acids is 2. The number of carbonyl (C=O) groups is 2. The number of aryl methyl sites for hydroxylation is 1. The molecule has 150 valence electrons. The second-order valence-corrected chi connectivity index (χ2v) is 7.68. The monoisotopic (exact) mass is 412 g/mol. The van der Waals surface area contributed by atoms with Gasteiger partial charge in [-0.05, 0) is 38.0 Å². The summed E-state index contributed by atoms with van der Waals surface area (Å²) in [6.45, 7) is 2.21. The molecule has 0 aromatic carbocycles. The molecule has 1 fully saturated rings. The quantitative estimate of drug-likeness (QED) is 0.429. The molecule has 0 spiro atoms. The van der Waals surface area contributed by atoms with Crippen molar-refractivity contribution in [3.05, 3.63) is 54.0 Å². The van der Waals surface area contributed by atoms with Gasteiger partial charge >= 0.3 is 0 Å². The Morgan fingerprint density at radius 2 is 2.14 bits per heavy atom. The maximum absolute atomic E-state index is 12.1. The van der Waals surface area contributed by atoms with E-state index in [0.717, 1.165) is 18.6 Å². The van der Waals surface area contributed by atoms with Crippen LogP contribution in [-0.4, -0.2) is 43.4 Å². The second-order valence-electron chi connectivity index (χ2n) is 6.69. The van der Waals surface area contributed by atoms with Gasteiger partial charge in [-0.3, -0.25) is 9.59 Å². The number of hydrogen-bond donors (Lipinski definition) is 2. The number of nitrogens with zero attached hydrogens (tertiary/aromatic N) is 4. The molecule has 2 amide bonds. The van der Waals surface area contributed by atoms with E-state index in [0.29, 0.717) is 28.8 Å². The Morgan fingerprint density at radius 1 is 1.28 bits per heavy atom. The highest BCUT2D eigenvalue weighted by atomic mass is 32.2. The average molecular weight is 412 g/mol. The van der Waals surface area contributed by atoms with E-state index in [2.05, 4.69) is 25.7 Å². The Labute approximate surface area is 171 Å². The molecule has 2 N–H and O–H groups in total. The van der Waals surface area contributed by atoms with Crippen molar-refractivity contribution in [3.63, 3.8) is 0 Å². The van der Waals surface area contributed by atoms with Crippen LogP contribution in [0.2, 0.25) is 0 Å². The molecule has 0 atom stereocenters. The van der Waals surface area contributed by atoms with E-state index in [1.165, 1.54) is 22.8 Å². The summed E-state index contributed by atoms with van der Waals surface area (Å²) in [4.78, 5) is 32.5. The highest BCUT2D eigenvalue weighted by Crippen LogP contribution is 2.20. The lowest BCUT2D eigenvalue weighted by Crippen LogP contribution is -2.25. The molecule has 1 aliphatic carbocycles. The molecule has 9 nitrogen and oxygen atoms in total. The molecule has 0 radical (unpaired) electrons. The molecule has 3 aromatic heterocycles. The highest BCUT2D eigenvalue weighted by molar-refractivity contribution is 7.99. The van der Waals surface area contributed by atoms with E-state index < -0.39 is 0 Å². The van der Waals surface area contributed by atoms with Crippen molar-refractivity contribution in [1.82, 2.24) is 30.4 Å². The van der Waals surface area contributed by atoms with Crippen molar-refractivity contribution in [2.75, 3.05) is 5.75 Å². The van der Waals surface area contributed by atoms with Gasteiger partial charge in [-0.15, -0.1) is 0 Å². The summed E-state index contributed by atoms with van der Waals surface area (Å²) in [5.41, 5.74) is 0.345. The fourth-order valence-electron chi connectivity index (χ4n) is 2.55. The van der Waals surface area contributed by atoms with Gasteiger partial charge in [-0.25, -0.2) is 14.6 Å². The van der Waals surface area contributed by atoms with Gasteiger partial charge < -0.3 is 15.1 Å². The van der Waals surface area contributed by atoms with Gasteiger partial charge in [0.25, 0.3) is 5.91 Å². The molecular formula is C19H20N6O3S. The van der Waals surface area contributed by atoms with Gasteiger partial charge in [0, 0.05) is 18.3 Å². The Bertz CT molecular complexity index is 1030. The molecular weight excluding hydrogens is 392 g/mol. The van der Waals surface area contributed by atoms with Crippen LogP contribution in [0.1, 0.15) is 34.9 Å². The first-order valence-electron chi connectivity index (χ1n) is 9.20. The first kappa shape index (κ1) is 19.2. The van der Waals surface area contributed by atoms with Crippen LogP contribution in [0.5, 0.6) is 0 Å². The molecule has 0 bridgehead atoms. The van der Waals surface area contributed by atoms with Crippen molar-refractivity contribution < 1.29 is 14.0 Å². The lowest BCUT2D eigenvalue weighted by Gasteiger charge is -2.05. The van der Waals surface area contributed by atoms with Crippen molar-refractivity contribution in [1.29, 1.82) is 0 Å². The van der Waals surface area contributed by atoms with Crippen LogP contribution >= 0.6 is 11.8 Å². The molecule has 3 aromatic rings. The molecule has 1 saturated carbocycles. The molecule has 10 heteroatoms. The van der Waals surface area contributed by atoms with E-state index >= 15 is 0 Å². The third-order valence-electron chi connectivity index (χ3n) is 4.20. The zero-order valence-corrected chi connectivity index (χ0v) is 16.6. The predicted molar refractivity (Wildman–Crippen MR) is 106 cm³/mol. The minimum absolute atomic E-state index is 0.123. The van der Waals surface area contributed by atoms with Gasteiger partial charge in [0.1, 0.15) is 22.9 Å². The lowest BCUT2D eigenvalue weighted by molar-refractivity contribution is -0.118. The van der Waals surface area contributed by atoms with Crippen LogP contribution in [0.15, 0.2) is 46.2 Å². The SMILES string of the molecule is Cc1ccc(CNC(=O)CSc2cc(-n3ccc(C(=O)NC4CC4)n3)ncn2)o1. The van der Waals surface area contributed by atoms with E-state index in [9.17, 15) is 9.59 Å². The summed E-state index contributed by atoms with van der Waals surface area (Å²) in [5, 5.41) is 10.6. The fraction of sp³-hybridized carbons (Fsp3) is 0.316. The van der Waals surface area contributed by atoms with Crippen LogP contribution in [0.25, 0.3) is 5.82 Å². The van der Waals surface area contributed by atoms with Crippen molar-refractivity contribution >= 4 is 23.6 Å². The Morgan fingerprint density at radius 3 is 2.90 bits per heavy atom. The second kappa shape index (κ2) is 8.48. The molecule has 1 aliphatic rings. The first-order valence-corrected chi connectivity index (χ1v) is 10.2. The summed E-state index contributed by atoms with van der Waals surface area (Å²) >= 11 is 1.29. The summed E-state index contributed by atoms with van der Waals surface area (Å²) in [6, 6.07) is 7.34. The Kier molecular flexibility index (Phi) is 5.61. The van der Waals surface area contributed by atoms with Gasteiger partial charge in [-0.2, -0.15) is 5.10 Å². The largest absolute Gasteiger partial charge is 0.465 e. The Hall–Kier alpha value is -3.14. The lowest BCUT2D eigenvalue weighted by atomic mass is 10.4. The minimum Gasteiger partial charge on any atom is -0.465 e. The normalized spacial score (nSPS) is 13.3. The summed E-state index contributed by atoms with van der Waals surface area (Å²) in [6.07, 6.45) is 5.13. The molecule has 0 saturated heterocycles. The van der Waals surface area contributed by atoms with Crippen LogP contribution in [-0.2, 0) is 11.3 Å². The van der Waals surface area contributed by atoms with E-state index in [1.54, 1.807) is 18.3 Å². The average Bonchev–Trinajstić information content (AvgIpc) is 3.22. The highest BCUT2D eigenvalue weighted by Gasteiger charge is 2.24. The standard InChI is InChI=1S/C19H20N6O3S/c1-12-2-5-14(28-12)9-20-17(26)10-29-18-8-16(21-11-22-18)25-7-6-15(24-25)19(27)23-13-3-4-13/h2,5-8,11,13H,3-4,9-10H2,1H3,(H,20,26)(H,23,27). The van der Waals surface area contributed by atoms with Crippen molar-refractivity contribution in [2.45, 2.75) is 37.4 Å². The number of amides is 2. The van der Waals surface area contributed by atoms with Crippen molar-refractivity contribution in [3.8, 4) is 5.82 Å². The van der Waals surface area contributed by atoms with Crippen LogP contribution in [0.4, 0.5) is 0 Å². The molecule has 0 aliphatic heterocycles. The molecule has 4 rings (SSSR count). The smallest absolute Gasteiger partial charge is 0.272 e. The maximum Gasteiger partial charge on any atom is 0.272 e. The molecule has 3 heterocycles. The molecule has 0 unspecified atom stereocenters. The number of nitrogens with one attached hydrogen (secondary N) is 2. The summed E-state index contributed by atoms with van der Waals surface area (Å²) in [5.74, 6) is 1.96. The zero-order chi connectivity index (χ0) is 20.2. The van der Waals surface area contributed by atoms with Crippen LogP contribution in [0, 0.1) is 6.92 Å². The fourth-order valence-corrected chi connectivity index (χ4v) is 3.24. The third-order valence-corrected chi connectivity index (χ3v) is 5.13. The number of furan rings is 1. The Balaban J connectivity index is 1.31. The van der Waals surface area contributed by atoms with Crippen molar-refractivity contribution in [2.24, 2.45) is 0 Å². The molecule has 29 heavy (non-hydrogen) atoms. The summed E-state index contributed by atoms with van der Waals surface area (Å²) in [7, 11) is 0. The van der Waals surface area contributed by atoms with Gasteiger partial charge in [-0.1, -0.05) is 11.8 Å². The predicted octanol–water partition coefficient (Wildman–Crippen LogP) is 1.86. The number of hydrogen-bond acceptors (Lipinski definition) is 7. The van der Waals surface area contributed by atoms with E-state index in [-0.39, 0.29) is 23.6 Å².